The molecule has 1 fully saturated rings. The summed E-state index contributed by atoms with van der Waals surface area (Å²) in [6.45, 7) is 6.42. The van der Waals surface area contributed by atoms with Crippen molar-refractivity contribution in [3.63, 3.8) is 0 Å². The van der Waals surface area contributed by atoms with Gasteiger partial charge in [-0.25, -0.2) is 0 Å². The minimum Gasteiger partial charge on any atom is -0.396 e. The Bertz CT molecular complexity index is 231. The van der Waals surface area contributed by atoms with Gasteiger partial charge in [0.25, 0.3) is 0 Å². The molecule has 1 aliphatic heterocycles. The Morgan fingerprint density at radius 2 is 2.25 bits per heavy atom. The number of aliphatic hydroxyl groups excluding tert-OH is 1. The molecule has 4 heteroatoms. The van der Waals surface area contributed by atoms with Gasteiger partial charge in [0.2, 0.25) is 5.91 Å². The fraction of sp³-hybridized carbons (Fsp3) is 0.917. The Hall–Kier alpha value is -0.610. The number of nitrogens with zero attached hydrogens (tertiary/aromatic N) is 2. The van der Waals surface area contributed by atoms with Crippen molar-refractivity contribution < 1.29 is 9.90 Å². The van der Waals surface area contributed by atoms with E-state index in [-0.39, 0.29) is 18.4 Å². The normalized spacial score (nSPS) is 21.9. The van der Waals surface area contributed by atoms with E-state index in [0.29, 0.717) is 12.6 Å². The lowest BCUT2D eigenvalue weighted by atomic mass is 9.99. The van der Waals surface area contributed by atoms with E-state index in [2.05, 4.69) is 13.8 Å². The largest absolute Gasteiger partial charge is 0.396 e. The Balaban J connectivity index is 2.41. The molecule has 1 saturated heterocycles. The molecule has 0 saturated carbocycles. The van der Waals surface area contributed by atoms with Gasteiger partial charge in [-0.15, -0.1) is 0 Å². The molecule has 0 aliphatic carbocycles. The topological polar surface area (TPSA) is 43.8 Å². The molecule has 94 valence electrons. The second-order valence-electron chi connectivity index (χ2n) is 5.04. The van der Waals surface area contributed by atoms with Crippen molar-refractivity contribution in [1.82, 2.24) is 9.80 Å². The zero-order chi connectivity index (χ0) is 12.1. The first-order valence-corrected chi connectivity index (χ1v) is 6.13. The average molecular weight is 228 g/mol. The summed E-state index contributed by atoms with van der Waals surface area (Å²) in [7, 11) is 1.97. The van der Waals surface area contributed by atoms with Crippen LogP contribution in [0.2, 0.25) is 0 Å². The van der Waals surface area contributed by atoms with Crippen molar-refractivity contribution in [3.05, 3.63) is 0 Å². The first kappa shape index (κ1) is 13.5. The molecule has 0 spiro atoms. The van der Waals surface area contributed by atoms with E-state index in [4.69, 9.17) is 5.11 Å². The van der Waals surface area contributed by atoms with Gasteiger partial charge in [0.15, 0.2) is 0 Å². The van der Waals surface area contributed by atoms with Gasteiger partial charge >= 0.3 is 0 Å². The molecule has 1 aliphatic rings. The summed E-state index contributed by atoms with van der Waals surface area (Å²) < 4.78 is 0. The monoisotopic (exact) mass is 228 g/mol. The summed E-state index contributed by atoms with van der Waals surface area (Å²) in [6.07, 6.45) is 2.06. The van der Waals surface area contributed by atoms with Crippen LogP contribution in [-0.2, 0) is 4.79 Å². The number of piperidine rings is 1. The van der Waals surface area contributed by atoms with E-state index < -0.39 is 0 Å². The summed E-state index contributed by atoms with van der Waals surface area (Å²) >= 11 is 0. The zero-order valence-corrected chi connectivity index (χ0v) is 10.6. The maximum atomic E-state index is 12.0. The lowest BCUT2D eigenvalue weighted by molar-refractivity contribution is -0.134. The Morgan fingerprint density at radius 3 is 2.81 bits per heavy atom. The van der Waals surface area contributed by atoms with E-state index in [1.54, 1.807) is 0 Å². The van der Waals surface area contributed by atoms with Gasteiger partial charge in [-0.05, 0) is 39.7 Å². The minimum atomic E-state index is 0.189. The molecule has 0 aromatic heterocycles. The highest BCUT2D eigenvalue weighted by atomic mass is 16.3. The van der Waals surface area contributed by atoms with E-state index in [1.807, 2.05) is 16.8 Å². The molecule has 1 amide bonds. The fourth-order valence-electron chi connectivity index (χ4n) is 1.94. The van der Waals surface area contributed by atoms with Crippen LogP contribution in [0.25, 0.3) is 0 Å². The molecule has 0 bridgehead atoms. The van der Waals surface area contributed by atoms with Crippen LogP contribution in [0.4, 0.5) is 0 Å². The highest BCUT2D eigenvalue weighted by Crippen LogP contribution is 2.16. The van der Waals surface area contributed by atoms with Crippen LogP contribution in [0, 0.1) is 5.92 Å². The summed E-state index contributed by atoms with van der Waals surface area (Å²) in [4.78, 5) is 15.9. The van der Waals surface area contributed by atoms with Crippen LogP contribution in [-0.4, -0.2) is 60.1 Å². The van der Waals surface area contributed by atoms with E-state index in [9.17, 15) is 4.79 Å². The molecule has 0 aromatic carbocycles. The smallest absolute Gasteiger partial charge is 0.236 e. The Labute approximate surface area is 98.2 Å². The lowest BCUT2D eigenvalue weighted by Gasteiger charge is -2.33. The number of carbonyl (C=O) groups is 1. The molecule has 1 rings (SSSR count). The quantitative estimate of drug-likeness (QED) is 0.764. The minimum absolute atomic E-state index is 0.189. The summed E-state index contributed by atoms with van der Waals surface area (Å²) in [5.74, 6) is 0.469. The van der Waals surface area contributed by atoms with Crippen LogP contribution in [0.3, 0.4) is 0 Å². The van der Waals surface area contributed by atoms with Crippen molar-refractivity contribution in [1.29, 1.82) is 0 Å². The predicted octanol–water partition coefficient (Wildman–Crippen LogP) is 0.557. The SMILES string of the molecule is CC(C)N(C)CC(=O)N1CCCC(CO)C1. The van der Waals surface area contributed by atoms with E-state index in [0.717, 1.165) is 25.9 Å². The van der Waals surface area contributed by atoms with Gasteiger partial charge in [0.05, 0.1) is 6.54 Å². The number of amides is 1. The van der Waals surface area contributed by atoms with Crippen molar-refractivity contribution in [3.8, 4) is 0 Å². The third kappa shape index (κ3) is 3.76. The maximum Gasteiger partial charge on any atom is 0.236 e. The van der Waals surface area contributed by atoms with Gasteiger partial charge in [-0.1, -0.05) is 0 Å². The highest BCUT2D eigenvalue weighted by Gasteiger charge is 2.23. The van der Waals surface area contributed by atoms with Crippen molar-refractivity contribution in [2.75, 3.05) is 33.3 Å². The highest BCUT2D eigenvalue weighted by molar-refractivity contribution is 5.78. The van der Waals surface area contributed by atoms with Crippen LogP contribution < -0.4 is 0 Å². The molecule has 0 radical (unpaired) electrons. The fourth-order valence-corrected chi connectivity index (χ4v) is 1.94. The van der Waals surface area contributed by atoms with Gasteiger partial charge in [-0.2, -0.15) is 0 Å². The van der Waals surface area contributed by atoms with E-state index >= 15 is 0 Å². The first-order chi connectivity index (χ1) is 7.54. The van der Waals surface area contributed by atoms with Gasteiger partial charge in [-0.3, -0.25) is 9.69 Å². The second-order valence-corrected chi connectivity index (χ2v) is 5.04. The predicted molar refractivity (Wildman–Crippen MR) is 64.2 cm³/mol. The number of likely N-dealkylation sites (tertiary alicyclic amines) is 1. The molecule has 0 aromatic rings. The lowest BCUT2D eigenvalue weighted by Crippen LogP contribution is -2.46. The number of hydrogen-bond donors (Lipinski definition) is 1. The Morgan fingerprint density at radius 1 is 1.56 bits per heavy atom. The van der Waals surface area contributed by atoms with Crippen molar-refractivity contribution in [2.45, 2.75) is 32.7 Å². The maximum absolute atomic E-state index is 12.0. The standard InChI is InChI=1S/C12H24N2O2/c1-10(2)13(3)8-12(16)14-6-4-5-11(7-14)9-15/h10-11,15H,4-9H2,1-3H3. The van der Waals surface area contributed by atoms with Gasteiger partial charge < -0.3 is 10.0 Å². The first-order valence-electron chi connectivity index (χ1n) is 6.13. The molecule has 16 heavy (non-hydrogen) atoms. The second kappa shape index (κ2) is 6.21. The molecule has 1 heterocycles. The summed E-state index contributed by atoms with van der Waals surface area (Å²) in [6, 6.07) is 0.391. The molecular formula is C12H24N2O2. The van der Waals surface area contributed by atoms with Crippen LogP contribution >= 0.6 is 0 Å². The average Bonchev–Trinajstić information content (AvgIpc) is 2.28. The number of hydrogen-bond acceptors (Lipinski definition) is 3. The van der Waals surface area contributed by atoms with Crippen molar-refractivity contribution in [2.24, 2.45) is 5.92 Å². The summed E-state index contributed by atoms with van der Waals surface area (Å²) in [5.41, 5.74) is 0. The van der Waals surface area contributed by atoms with Crippen LogP contribution in [0.5, 0.6) is 0 Å². The van der Waals surface area contributed by atoms with Crippen LogP contribution in [0.15, 0.2) is 0 Å². The number of rotatable bonds is 4. The molecule has 4 nitrogen and oxygen atoms in total. The summed E-state index contributed by atoms with van der Waals surface area (Å²) in [5, 5.41) is 9.11. The molecule has 1 unspecified atom stereocenters. The Kier molecular flexibility index (Phi) is 5.22. The third-order valence-electron chi connectivity index (χ3n) is 3.40. The number of aliphatic hydroxyl groups is 1. The van der Waals surface area contributed by atoms with Gasteiger partial charge in [0, 0.05) is 25.7 Å². The van der Waals surface area contributed by atoms with Crippen LogP contribution in [0.1, 0.15) is 26.7 Å². The zero-order valence-electron chi connectivity index (χ0n) is 10.6. The van der Waals surface area contributed by atoms with E-state index in [1.165, 1.54) is 0 Å². The number of carbonyl (C=O) groups excluding carboxylic acids is 1. The molecular weight excluding hydrogens is 204 g/mol. The molecule has 1 atom stereocenters. The number of likely N-dealkylation sites (N-methyl/N-ethyl adjacent to an activating group) is 1. The molecule has 1 N–H and O–H groups in total. The van der Waals surface area contributed by atoms with Gasteiger partial charge in [0.1, 0.15) is 0 Å². The van der Waals surface area contributed by atoms with Crippen molar-refractivity contribution >= 4 is 5.91 Å². The third-order valence-corrected chi connectivity index (χ3v) is 3.40.